The third-order valence-corrected chi connectivity index (χ3v) is 5.30. The molecule has 4 N–H and O–H groups in total. The van der Waals surface area contributed by atoms with Gasteiger partial charge in [-0.05, 0) is 45.9 Å². The van der Waals surface area contributed by atoms with Gasteiger partial charge in [-0.1, -0.05) is 36.4 Å². The highest BCUT2D eigenvalue weighted by atomic mass is 33.1. The van der Waals surface area contributed by atoms with Gasteiger partial charge in [0.25, 0.3) is 0 Å². The van der Waals surface area contributed by atoms with Crippen molar-refractivity contribution in [3.05, 3.63) is 60.7 Å². The molecular weight excluding hydrogens is 344 g/mol. The second kappa shape index (κ2) is 7.01. The summed E-state index contributed by atoms with van der Waals surface area (Å²) in [4.78, 5) is 0. The molecule has 4 rings (SSSR count). The number of hydrazone groups is 2. The van der Waals surface area contributed by atoms with E-state index in [0.29, 0.717) is 0 Å². The number of hydrazine groups is 4. The average molecular weight is 358 g/mol. The maximum Gasteiger partial charge on any atom is 0.216 e. The Kier molecular flexibility index (Phi) is 4.42. The van der Waals surface area contributed by atoms with E-state index in [1.165, 1.54) is 21.6 Å². The Bertz CT molecular complexity index is 686. The van der Waals surface area contributed by atoms with Gasteiger partial charge in [0.05, 0.1) is 11.4 Å². The van der Waals surface area contributed by atoms with E-state index in [2.05, 4.69) is 32.3 Å². The van der Waals surface area contributed by atoms with Gasteiger partial charge in [-0.25, -0.2) is 21.1 Å². The van der Waals surface area contributed by atoms with E-state index in [1.54, 1.807) is 0 Å². The zero-order valence-corrected chi connectivity index (χ0v) is 14.0. The SMILES string of the molecule is c1ccc(N2NNN=C2SSC2=NNNN2c2ccccc2)cc1. The maximum absolute atomic E-state index is 4.26. The van der Waals surface area contributed by atoms with Crippen LogP contribution >= 0.6 is 21.6 Å². The van der Waals surface area contributed by atoms with Gasteiger partial charge in [0.2, 0.25) is 10.3 Å². The van der Waals surface area contributed by atoms with Crippen molar-refractivity contribution in [2.24, 2.45) is 10.2 Å². The highest BCUT2D eigenvalue weighted by molar-refractivity contribution is 8.87. The van der Waals surface area contributed by atoms with Gasteiger partial charge >= 0.3 is 0 Å². The minimum Gasteiger partial charge on any atom is -0.233 e. The Balaban J connectivity index is 1.43. The summed E-state index contributed by atoms with van der Waals surface area (Å²) in [6, 6.07) is 19.9. The first-order valence-corrected chi connectivity index (χ1v) is 9.28. The molecule has 8 nitrogen and oxygen atoms in total. The van der Waals surface area contributed by atoms with Gasteiger partial charge in [-0.2, -0.15) is 0 Å². The molecule has 0 radical (unpaired) electrons. The predicted octanol–water partition coefficient (Wildman–Crippen LogP) is 1.97. The molecule has 0 bridgehead atoms. The van der Waals surface area contributed by atoms with Crippen molar-refractivity contribution in [1.29, 1.82) is 0 Å². The topological polar surface area (TPSA) is 79.3 Å². The zero-order valence-electron chi connectivity index (χ0n) is 12.4. The van der Waals surface area contributed by atoms with E-state index in [4.69, 9.17) is 0 Å². The molecule has 0 atom stereocenters. The van der Waals surface area contributed by atoms with Gasteiger partial charge in [0.15, 0.2) is 0 Å². The molecule has 2 heterocycles. The Morgan fingerprint density at radius 1 is 0.625 bits per heavy atom. The molecule has 2 aliphatic rings. The molecule has 2 aromatic rings. The standard InChI is InChI=1S/C14H14N8S2/c1-3-7-11(8-4-1)21-13(15-17-19-21)23-24-14-16-18-20-22(14)12-9-5-2-6-10-12/h1-10,17-20H. The lowest BCUT2D eigenvalue weighted by Gasteiger charge is -2.20. The van der Waals surface area contributed by atoms with Crippen LogP contribution in [0.15, 0.2) is 70.9 Å². The second-order valence-corrected chi connectivity index (χ2v) is 6.81. The highest BCUT2D eigenvalue weighted by Gasteiger charge is 2.24. The molecule has 2 aromatic carbocycles. The van der Waals surface area contributed by atoms with E-state index in [9.17, 15) is 0 Å². The Labute approximate surface area is 146 Å². The average Bonchev–Trinajstić information content (AvgIpc) is 3.30. The minimum atomic E-state index is 0.786. The first kappa shape index (κ1) is 15.1. The van der Waals surface area contributed by atoms with Gasteiger partial charge in [-0.15, -0.1) is 21.3 Å². The summed E-state index contributed by atoms with van der Waals surface area (Å²) in [6.45, 7) is 0. The second-order valence-electron chi connectivity index (χ2n) is 4.74. The summed E-state index contributed by atoms with van der Waals surface area (Å²) in [5.41, 5.74) is 13.6. The van der Waals surface area contributed by atoms with Crippen LogP contribution in [0, 0.1) is 0 Å². The number of hydrogen-bond donors (Lipinski definition) is 4. The van der Waals surface area contributed by atoms with Crippen molar-refractivity contribution in [3.63, 3.8) is 0 Å². The van der Waals surface area contributed by atoms with E-state index < -0.39 is 0 Å². The number of benzene rings is 2. The zero-order chi connectivity index (χ0) is 16.2. The van der Waals surface area contributed by atoms with Crippen LogP contribution in [-0.4, -0.2) is 10.3 Å². The van der Waals surface area contributed by atoms with E-state index in [1.807, 2.05) is 70.7 Å². The van der Waals surface area contributed by atoms with Crippen LogP contribution in [0.4, 0.5) is 11.4 Å². The van der Waals surface area contributed by atoms with Gasteiger partial charge < -0.3 is 0 Å². The molecule has 0 saturated heterocycles. The number of rotatable bonds is 2. The van der Waals surface area contributed by atoms with Crippen LogP contribution in [-0.2, 0) is 0 Å². The smallest absolute Gasteiger partial charge is 0.216 e. The van der Waals surface area contributed by atoms with Crippen molar-refractivity contribution < 1.29 is 0 Å². The fraction of sp³-hybridized carbons (Fsp3) is 0. The maximum atomic E-state index is 4.26. The molecule has 0 fully saturated rings. The van der Waals surface area contributed by atoms with Crippen molar-refractivity contribution in [2.75, 3.05) is 10.0 Å². The van der Waals surface area contributed by atoms with E-state index in [-0.39, 0.29) is 0 Å². The molecule has 0 aliphatic carbocycles. The Morgan fingerprint density at radius 3 is 1.46 bits per heavy atom. The van der Waals surface area contributed by atoms with Crippen LogP contribution in [0.3, 0.4) is 0 Å². The summed E-state index contributed by atoms with van der Waals surface area (Å²) >= 11 is 0. The van der Waals surface area contributed by atoms with Crippen LogP contribution in [0.5, 0.6) is 0 Å². The summed E-state index contributed by atoms with van der Waals surface area (Å²) in [7, 11) is 3.00. The number of anilines is 2. The molecule has 0 spiro atoms. The largest absolute Gasteiger partial charge is 0.233 e. The normalized spacial score (nSPS) is 16.5. The van der Waals surface area contributed by atoms with Crippen LogP contribution in [0.2, 0.25) is 0 Å². The molecule has 0 saturated carbocycles. The molecule has 10 heteroatoms. The predicted molar refractivity (Wildman–Crippen MR) is 100 cm³/mol. The molecule has 0 amide bonds. The molecule has 122 valence electrons. The van der Waals surface area contributed by atoms with Crippen molar-refractivity contribution in [2.45, 2.75) is 0 Å². The fourth-order valence-corrected chi connectivity index (χ4v) is 4.02. The first-order chi connectivity index (χ1) is 11.9. The molecule has 0 unspecified atom stereocenters. The molecule has 24 heavy (non-hydrogen) atoms. The number of hydrogen-bond acceptors (Lipinski definition) is 10. The summed E-state index contributed by atoms with van der Waals surface area (Å²) in [5, 5.41) is 13.8. The Morgan fingerprint density at radius 2 is 1.04 bits per heavy atom. The molecule has 2 aliphatic heterocycles. The van der Waals surface area contributed by atoms with Crippen LogP contribution in [0.1, 0.15) is 0 Å². The third kappa shape index (κ3) is 3.12. The lowest BCUT2D eigenvalue weighted by atomic mass is 10.3. The molecular formula is C14H14N8S2. The number of para-hydroxylation sites is 2. The quantitative estimate of drug-likeness (QED) is 0.607. The number of nitrogens with one attached hydrogen (secondary N) is 4. The first-order valence-electron chi connectivity index (χ1n) is 7.13. The Hall–Kier alpha value is -2.40. The summed E-state index contributed by atoms with van der Waals surface area (Å²) < 4.78 is 0. The minimum absolute atomic E-state index is 0.786. The van der Waals surface area contributed by atoms with Gasteiger partial charge in [0.1, 0.15) is 0 Å². The van der Waals surface area contributed by atoms with Crippen molar-refractivity contribution in [1.82, 2.24) is 22.1 Å². The highest BCUT2D eigenvalue weighted by Crippen LogP contribution is 2.32. The summed E-state index contributed by atoms with van der Waals surface area (Å²) in [6.07, 6.45) is 0. The molecule has 0 aromatic heterocycles. The monoisotopic (exact) mass is 358 g/mol. The number of amidine groups is 2. The third-order valence-electron chi connectivity index (χ3n) is 3.23. The van der Waals surface area contributed by atoms with Crippen LogP contribution in [0.25, 0.3) is 0 Å². The van der Waals surface area contributed by atoms with Crippen molar-refractivity contribution >= 4 is 43.3 Å². The van der Waals surface area contributed by atoms with E-state index in [0.717, 1.165) is 21.7 Å². The lowest BCUT2D eigenvalue weighted by Crippen LogP contribution is -2.41. The fourth-order valence-electron chi connectivity index (χ4n) is 2.13. The summed E-state index contributed by atoms with van der Waals surface area (Å²) in [5.74, 6) is 0. The van der Waals surface area contributed by atoms with Crippen LogP contribution < -0.4 is 32.2 Å². The van der Waals surface area contributed by atoms with Crippen molar-refractivity contribution in [3.8, 4) is 0 Å². The lowest BCUT2D eigenvalue weighted by molar-refractivity contribution is 0.623. The van der Waals surface area contributed by atoms with Gasteiger partial charge in [-0.3, -0.25) is 0 Å². The number of nitrogens with zero attached hydrogens (tertiary/aromatic N) is 4. The van der Waals surface area contributed by atoms with Gasteiger partial charge in [0, 0.05) is 0 Å². The van der Waals surface area contributed by atoms with E-state index >= 15 is 0 Å².